The molecule has 2 heterocycles. The van der Waals surface area contributed by atoms with Gasteiger partial charge in [-0.3, -0.25) is 4.79 Å². The summed E-state index contributed by atoms with van der Waals surface area (Å²) in [6, 6.07) is 1.54. The third kappa shape index (κ3) is 4.40. The molecule has 1 aromatic rings. The van der Waals surface area contributed by atoms with Gasteiger partial charge >= 0.3 is 0 Å². The Morgan fingerprint density at radius 2 is 2.30 bits per heavy atom. The number of likely N-dealkylation sites (N-methyl/N-ethyl adjacent to an activating group) is 1. The number of morpholine rings is 1. The van der Waals surface area contributed by atoms with E-state index in [1.54, 1.807) is 0 Å². The molecule has 0 radical (unpaired) electrons. The van der Waals surface area contributed by atoms with Crippen LogP contribution in [0.15, 0.2) is 10.9 Å². The van der Waals surface area contributed by atoms with Gasteiger partial charge in [-0.25, -0.2) is 4.98 Å². The van der Waals surface area contributed by atoms with Crippen LogP contribution in [0.2, 0.25) is 0 Å². The van der Waals surface area contributed by atoms with Crippen molar-refractivity contribution >= 4 is 0 Å². The first-order chi connectivity index (χ1) is 9.33. The van der Waals surface area contributed by atoms with Gasteiger partial charge in [0, 0.05) is 31.2 Å². The standard InChI is InChI=1S/C14H24N4O2/c1-14(2,3)15-8-10-7-12(19)17-13(16-10)11-9-18(4)5-6-20-11/h7,11,15H,5-6,8-9H2,1-4H3,(H,16,17,19). The van der Waals surface area contributed by atoms with Crippen LogP contribution in [-0.2, 0) is 11.3 Å². The van der Waals surface area contributed by atoms with E-state index in [0.717, 1.165) is 18.8 Å². The summed E-state index contributed by atoms with van der Waals surface area (Å²) in [5, 5.41) is 3.34. The normalized spacial score (nSPS) is 21.1. The number of aromatic nitrogens is 2. The van der Waals surface area contributed by atoms with Gasteiger partial charge in [0.25, 0.3) is 5.56 Å². The average Bonchev–Trinajstić information content (AvgIpc) is 2.35. The van der Waals surface area contributed by atoms with Crippen molar-refractivity contribution in [3.8, 4) is 0 Å². The van der Waals surface area contributed by atoms with Crippen LogP contribution < -0.4 is 10.9 Å². The second-order valence-electron chi connectivity index (χ2n) is 6.35. The minimum absolute atomic E-state index is 0.00793. The van der Waals surface area contributed by atoms with Crippen LogP contribution in [0.5, 0.6) is 0 Å². The highest BCUT2D eigenvalue weighted by molar-refractivity contribution is 5.06. The van der Waals surface area contributed by atoms with Crippen LogP contribution >= 0.6 is 0 Å². The lowest BCUT2D eigenvalue weighted by Gasteiger charge is -2.29. The quantitative estimate of drug-likeness (QED) is 0.851. The second kappa shape index (κ2) is 6.03. The van der Waals surface area contributed by atoms with E-state index in [2.05, 4.69) is 41.0 Å². The molecule has 0 spiro atoms. The van der Waals surface area contributed by atoms with Crippen molar-refractivity contribution in [2.75, 3.05) is 26.7 Å². The third-order valence-electron chi connectivity index (χ3n) is 3.19. The number of aromatic amines is 1. The summed E-state index contributed by atoms with van der Waals surface area (Å²) in [5.41, 5.74) is 0.611. The third-order valence-corrected chi connectivity index (χ3v) is 3.19. The Morgan fingerprint density at radius 3 is 2.95 bits per heavy atom. The molecular weight excluding hydrogens is 256 g/mol. The minimum atomic E-state index is -0.156. The van der Waals surface area contributed by atoms with Gasteiger partial charge in [0.1, 0.15) is 11.9 Å². The lowest BCUT2D eigenvalue weighted by Crippen LogP contribution is -2.38. The van der Waals surface area contributed by atoms with E-state index < -0.39 is 0 Å². The molecule has 6 heteroatoms. The maximum Gasteiger partial charge on any atom is 0.251 e. The number of hydrogen-bond donors (Lipinski definition) is 2. The van der Waals surface area contributed by atoms with E-state index in [1.165, 1.54) is 6.07 Å². The second-order valence-corrected chi connectivity index (χ2v) is 6.35. The highest BCUT2D eigenvalue weighted by Gasteiger charge is 2.22. The van der Waals surface area contributed by atoms with Crippen LogP contribution in [0.3, 0.4) is 0 Å². The molecule has 0 saturated carbocycles. The molecule has 1 aromatic heterocycles. The molecule has 112 valence electrons. The van der Waals surface area contributed by atoms with Crippen LogP contribution in [0.1, 0.15) is 38.4 Å². The zero-order valence-electron chi connectivity index (χ0n) is 12.7. The summed E-state index contributed by atoms with van der Waals surface area (Å²) in [4.78, 5) is 21.3. The zero-order valence-corrected chi connectivity index (χ0v) is 12.7. The molecule has 0 bridgehead atoms. The molecular formula is C14H24N4O2. The molecule has 1 unspecified atom stereocenters. The molecule has 1 atom stereocenters. The van der Waals surface area contributed by atoms with Gasteiger partial charge in [-0.15, -0.1) is 0 Å². The van der Waals surface area contributed by atoms with Crippen LogP contribution in [-0.4, -0.2) is 47.2 Å². The highest BCUT2D eigenvalue weighted by atomic mass is 16.5. The highest BCUT2D eigenvalue weighted by Crippen LogP contribution is 2.17. The summed E-state index contributed by atoms with van der Waals surface area (Å²) >= 11 is 0. The smallest absolute Gasteiger partial charge is 0.251 e. The number of nitrogens with one attached hydrogen (secondary N) is 2. The predicted octanol–water partition coefficient (Wildman–Crippen LogP) is 0.661. The van der Waals surface area contributed by atoms with Gasteiger partial charge in [0.15, 0.2) is 0 Å². The van der Waals surface area contributed by atoms with E-state index in [9.17, 15) is 4.79 Å². The van der Waals surface area contributed by atoms with Crippen molar-refractivity contribution in [1.29, 1.82) is 0 Å². The zero-order chi connectivity index (χ0) is 14.8. The minimum Gasteiger partial charge on any atom is -0.368 e. The lowest BCUT2D eigenvalue weighted by molar-refractivity contribution is -0.0257. The number of ether oxygens (including phenoxy) is 1. The molecule has 0 aromatic carbocycles. The fraction of sp³-hybridized carbons (Fsp3) is 0.714. The number of nitrogens with zero attached hydrogens (tertiary/aromatic N) is 2. The molecule has 0 aliphatic carbocycles. The Kier molecular flexibility index (Phi) is 4.57. The summed E-state index contributed by atoms with van der Waals surface area (Å²) in [7, 11) is 2.04. The SMILES string of the molecule is CN1CCOC(c2nc(CNC(C)(C)C)cc(=O)[nH]2)C1. The molecule has 0 amide bonds. The largest absolute Gasteiger partial charge is 0.368 e. The van der Waals surface area contributed by atoms with Gasteiger partial charge in [-0.1, -0.05) is 0 Å². The van der Waals surface area contributed by atoms with Gasteiger partial charge in [0.2, 0.25) is 0 Å². The Bertz CT molecular complexity index is 507. The van der Waals surface area contributed by atoms with Crippen LogP contribution in [0.4, 0.5) is 0 Å². The van der Waals surface area contributed by atoms with E-state index >= 15 is 0 Å². The van der Waals surface area contributed by atoms with E-state index in [0.29, 0.717) is 19.0 Å². The maximum absolute atomic E-state index is 11.8. The molecule has 1 saturated heterocycles. The average molecular weight is 280 g/mol. The van der Waals surface area contributed by atoms with Crippen molar-refractivity contribution in [1.82, 2.24) is 20.2 Å². The molecule has 6 nitrogen and oxygen atoms in total. The topological polar surface area (TPSA) is 70.2 Å². The summed E-state index contributed by atoms with van der Waals surface area (Å²) in [5.74, 6) is 0.620. The predicted molar refractivity (Wildman–Crippen MR) is 77.6 cm³/mol. The van der Waals surface area contributed by atoms with Gasteiger partial charge in [-0.05, 0) is 27.8 Å². The molecule has 1 aliphatic rings. The molecule has 1 fully saturated rings. The molecule has 2 N–H and O–H groups in total. The number of rotatable bonds is 3. The van der Waals surface area contributed by atoms with E-state index in [-0.39, 0.29) is 17.2 Å². The fourth-order valence-corrected chi connectivity index (χ4v) is 2.07. The Hall–Kier alpha value is -1.24. The van der Waals surface area contributed by atoms with Crippen molar-refractivity contribution in [3.63, 3.8) is 0 Å². The molecule has 1 aliphatic heterocycles. The molecule has 2 rings (SSSR count). The van der Waals surface area contributed by atoms with Gasteiger partial charge in [0.05, 0.1) is 12.3 Å². The summed E-state index contributed by atoms with van der Waals surface area (Å²) < 4.78 is 5.70. The van der Waals surface area contributed by atoms with Crippen molar-refractivity contribution < 1.29 is 4.74 Å². The van der Waals surface area contributed by atoms with E-state index in [1.807, 2.05) is 7.05 Å². The van der Waals surface area contributed by atoms with Crippen molar-refractivity contribution in [2.24, 2.45) is 0 Å². The number of H-pyrrole nitrogens is 1. The Morgan fingerprint density at radius 1 is 1.55 bits per heavy atom. The summed E-state index contributed by atoms with van der Waals surface area (Å²) in [6.45, 7) is 9.14. The summed E-state index contributed by atoms with van der Waals surface area (Å²) in [6.07, 6.45) is -0.156. The number of hydrogen-bond acceptors (Lipinski definition) is 5. The Labute approximate surface area is 119 Å². The molecule has 20 heavy (non-hydrogen) atoms. The first-order valence-corrected chi connectivity index (χ1v) is 6.99. The lowest BCUT2D eigenvalue weighted by atomic mass is 10.1. The maximum atomic E-state index is 11.8. The monoisotopic (exact) mass is 280 g/mol. The van der Waals surface area contributed by atoms with Crippen molar-refractivity contribution in [2.45, 2.75) is 39.0 Å². The van der Waals surface area contributed by atoms with Crippen LogP contribution in [0.25, 0.3) is 0 Å². The van der Waals surface area contributed by atoms with Gasteiger partial charge in [-0.2, -0.15) is 0 Å². The van der Waals surface area contributed by atoms with Crippen LogP contribution in [0, 0.1) is 0 Å². The fourth-order valence-electron chi connectivity index (χ4n) is 2.07. The first-order valence-electron chi connectivity index (χ1n) is 6.99. The van der Waals surface area contributed by atoms with Crippen molar-refractivity contribution in [3.05, 3.63) is 27.9 Å². The first kappa shape index (κ1) is 15.2. The Balaban J connectivity index is 2.14. The van der Waals surface area contributed by atoms with Gasteiger partial charge < -0.3 is 19.9 Å². The van der Waals surface area contributed by atoms with E-state index in [4.69, 9.17) is 4.74 Å².